The number of hydrogen-bond donors (Lipinski definition) is 0. The highest BCUT2D eigenvalue weighted by atomic mass is 35.5. The van der Waals surface area contributed by atoms with Gasteiger partial charge in [-0.05, 0) is 33.6 Å². The van der Waals surface area contributed by atoms with E-state index in [2.05, 4.69) is 4.98 Å². The quantitative estimate of drug-likeness (QED) is 0.810. The molecule has 1 aromatic rings. The summed E-state index contributed by atoms with van der Waals surface area (Å²) in [6.07, 6.45) is 3.67. The standard InChI is InChI=1S/C14H21ClN2O2S2/c1-14(2,3)19-13(18)17-6-4-10(5-7-17)20-9-11-8-16-12(15)21-11/h8,10H,4-7,9H2,1-3H3. The molecular weight excluding hydrogens is 328 g/mol. The van der Waals surface area contributed by atoms with E-state index in [-0.39, 0.29) is 6.09 Å². The molecule has 118 valence electrons. The van der Waals surface area contributed by atoms with Crippen molar-refractivity contribution in [2.24, 2.45) is 0 Å². The molecule has 0 N–H and O–H groups in total. The smallest absolute Gasteiger partial charge is 0.410 e. The number of rotatable bonds is 3. The SMILES string of the molecule is CC(C)(C)OC(=O)N1CCC(SCc2cnc(Cl)s2)CC1. The highest BCUT2D eigenvalue weighted by molar-refractivity contribution is 7.99. The third-order valence-electron chi connectivity index (χ3n) is 3.08. The normalized spacial score (nSPS) is 17.0. The molecule has 1 amide bonds. The minimum Gasteiger partial charge on any atom is -0.444 e. The number of carbonyl (C=O) groups is 1. The van der Waals surface area contributed by atoms with Crippen molar-refractivity contribution < 1.29 is 9.53 Å². The van der Waals surface area contributed by atoms with Crippen LogP contribution in [0.3, 0.4) is 0 Å². The lowest BCUT2D eigenvalue weighted by Crippen LogP contribution is -2.42. The van der Waals surface area contributed by atoms with Crippen molar-refractivity contribution in [1.82, 2.24) is 9.88 Å². The summed E-state index contributed by atoms with van der Waals surface area (Å²) in [7, 11) is 0. The van der Waals surface area contributed by atoms with Crippen LogP contribution in [0.1, 0.15) is 38.5 Å². The van der Waals surface area contributed by atoms with Crippen molar-refractivity contribution in [3.05, 3.63) is 15.5 Å². The topological polar surface area (TPSA) is 42.4 Å². The first kappa shape index (κ1) is 16.9. The van der Waals surface area contributed by atoms with Gasteiger partial charge in [-0.15, -0.1) is 11.3 Å². The Morgan fingerprint density at radius 3 is 2.71 bits per heavy atom. The molecule has 2 heterocycles. The predicted molar refractivity (Wildman–Crippen MR) is 89.2 cm³/mol. The molecule has 0 saturated carbocycles. The Balaban J connectivity index is 1.72. The van der Waals surface area contributed by atoms with Crippen LogP contribution in [0.5, 0.6) is 0 Å². The largest absolute Gasteiger partial charge is 0.444 e. The van der Waals surface area contributed by atoms with Gasteiger partial charge < -0.3 is 9.64 Å². The lowest BCUT2D eigenvalue weighted by molar-refractivity contribution is 0.0219. The van der Waals surface area contributed by atoms with Crippen LogP contribution in [0.4, 0.5) is 4.79 Å². The number of likely N-dealkylation sites (tertiary alicyclic amines) is 1. The molecule has 0 atom stereocenters. The van der Waals surface area contributed by atoms with E-state index < -0.39 is 5.60 Å². The van der Waals surface area contributed by atoms with Crippen molar-refractivity contribution in [3.8, 4) is 0 Å². The van der Waals surface area contributed by atoms with Gasteiger partial charge in [-0.25, -0.2) is 9.78 Å². The van der Waals surface area contributed by atoms with E-state index in [1.165, 1.54) is 16.2 Å². The van der Waals surface area contributed by atoms with Crippen molar-refractivity contribution in [2.75, 3.05) is 13.1 Å². The average molecular weight is 349 g/mol. The van der Waals surface area contributed by atoms with Gasteiger partial charge in [-0.1, -0.05) is 11.6 Å². The Hall–Kier alpha value is -0.460. The van der Waals surface area contributed by atoms with E-state index in [1.807, 2.05) is 43.6 Å². The van der Waals surface area contributed by atoms with Gasteiger partial charge >= 0.3 is 6.09 Å². The molecule has 4 nitrogen and oxygen atoms in total. The van der Waals surface area contributed by atoms with Gasteiger partial charge in [0.15, 0.2) is 4.47 Å². The number of thioether (sulfide) groups is 1. The summed E-state index contributed by atoms with van der Waals surface area (Å²) in [5.41, 5.74) is -0.422. The fourth-order valence-corrected chi connectivity index (χ4v) is 4.31. The van der Waals surface area contributed by atoms with Gasteiger partial charge in [0.1, 0.15) is 5.60 Å². The second-order valence-corrected chi connectivity index (χ2v) is 9.04. The lowest BCUT2D eigenvalue weighted by Gasteiger charge is -2.33. The summed E-state index contributed by atoms with van der Waals surface area (Å²) >= 11 is 9.29. The average Bonchev–Trinajstić information content (AvgIpc) is 2.81. The van der Waals surface area contributed by atoms with E-state index in [1.54, 1.807) is 0 Å². The van der Waals surface area contributed by atoms with Crippen LogP contribution in [0.25, 0.3) is 0 Å². The lowest BCUT2D eigenvalue weighted by atomic mass is 10.1. The molecule has 1 aliphatic heterocycles. The Morgan fingerprint density at radius 2 is 2.19 bits per heavy atom. The van der Waals surface area contributed by atoms with Crippen molar-refractivity contribution in [2.45, 2.75) is 50.2 Å². The van der Waals surface area contributed by atoms with Gasteiger partial charge in [-0.2, -0.15) is 11.8 Å². The summed E-state index contributed by atoms with van der Waals surface area (Å²) in [4.78, 5) is 19.0. The fourth-order valence-electron chi connectivity index (χ4n) is 2.08. The predicted octanol–water partition coefficient (Wildman–Crippen LogP) is 4.43. The number of thiazole rings is 1. The minimum atomic E-state index is -0.422. The Bertz CT molecular complexity index is 480. The Labute approximate surface area is 139 Å². The van der Waals surface area contributed by atoms with Crippen LogP contribution in [-0.2, 0) is 10.5 Å². The third kappa shape index (κ3) is 5.68. The highest BCUT2D eigenvalue weighted by Gasteiger charge is 2.26. The second kappa shape index (κ2) is 7.20. The number of piperidine rings is 1. The van der Waals surface area contributed by atoms with Gasteiger partial charge in [-0.3, -0.25) is 0 Å². The molecular formula is C14H21ClN2O2S2. The van der Waals surface area contributed by atoms with Crippen LogP contribution in [0.2, 0.25) is 4.47 Å². The zero-order chi connectivity index (χ0) is 15.5. The van der Waals surface area contributed by atoms with E-state index in [4.69, 9.17) is 16.3 Å². The molecule has 1 aliphatic rings. The molecule has 2 rings (SSSR count). The van der Waals surface area contributed by atoms with E-state index in [0.717, 1.165) is 31.7 Å². The van der Waals surface area contributed by atoms with Crippen LogP contribution in [-0.4, -0.2) is 39.9 Å². The first-order valence-electron chi connectivity index (χ1n) is 7.03. The number of amides is 1. The summed E-state index contributed by atoms with van der Waals surface area (Å²) in [6, 6.07) is 0. The van der Waals surface area contributed by atoms with E-state index in [9.17, 15) is 4.79 Å². The molecule has 0 spiro atoms. The number of hydrogen-bond acceptors (Lipinski definition) is 5. The zero-order valence-electron chi connectivity index (χ0n) is 12.6. The summed E-state index contributed by atoms with van der Waals surface area (Å²) < 4.78 is 6.01. The summed E-state index contributed by atoms with van der Waals surface area (Å²) in [5.74, 6) is 0.946. The van der Waals surface area contributed by atoms with Gasteiger partial charge in [0, 0.05) is 35.2 Å². The minimum absolute atomic E-state index is 0.194. The fraction of sp³-hybridized carbons (Fsp3) is 0.714. The molecule has 0 unspecified atom stereocenters. The first-order valence-corrected chi connectivity index (χ1v) is 9.27. The van der Waals surface area contributed by atoms with Crippen LogP contribution < -0.4 is 0 Å². The van der Waals surface area contributed by atoms with Crippen molar-refractivity contribution in [3.63, 3.8) is 0 Å². The third-order valence-corrected chi connectivity index (χ3v) is 5.80. The maximum absolute atomic E-state index is 12.0. The molecule has 1 aromatic heterocycles. The number of halogens is 1. The monoisotopic (exact) mass is 348 g/mol. The molecule has 0 bridgehead atoms. The molecule has 0 radical (unpaired) electrons. The molecule has 1 saturated heterocycles. The maximum atomic E-state index is 12.0. The molecule has 0 aliphatic carbocycles. The van der Waals surface area contributed by atoms with E-state index >= 15 is 0 Å². The number of ether oxygens (including phenoxy) is 1. The van der Waals surface area contributed by atoms with Gasteiger partial charge in [0.25, 0.3) is 0 Å². The molecule has 7 heteroatoms. The van der Waals surface area contributed by atoms with Gasteiger partial charge in [0.2, 0.25) is 0 Å². The van der Waals surface area contributed by atoms with Crippen molar-refractivity contribution in [1.29, 1.82) is 0 Å². The second-order valence-electron chi connectivity index (χ2n) is 6.06. The van der Waals surface area contributed by atoms with Crippen molar-refractivity contribution >= 4 is 40.8 Å². The highest BCUT2D eigenvalue weighted by Crippen LogP contribution is 2.29. The molecule has 0 aromatic carbocycles. The Kier molecular flexibility index (Phi) is 5.80. The van der Waals surface area contributed by atoms with E-state index in [0.29, 0.717) is 9.72 Å². The first-order chi connectivity index (χ1) is 9.83. The number of aromatic nitrogens is 1. The molecule has 21 heavy (non-hydrogen) atoms. The zero-order valence-corrected chi connectivity index (χ0v) is 15.0. The van der Waals surface area contributed by atoms with Crippen LogP contribution in [0.15, 0.2) is 6.20 Å². The summed E-state index contributed by atoms with van der Waals surface area (Å²) in [5, 5.41) is 0.588. The molecule has 1 fully saturated rings. The van der Waals surface area contributed by atoms with Crippen LogP contribution in [0, 0.1) is 0 Å². The number of nitrogens with zero attached hydrogens (tertiary/aromatic N) is 2. The Morgan fingerprint density at radius 1 is 1.52 bits per heavy atom. The van der Waals surface area contributed by atoms with Gasteiger partial charge in [0.05, 0.1) is 0 Å². The maximum Gasteiger partial charge on any atom is 0.410 e. The van der Waals surface area contributed by atoms with Crippen LogP contribution >= 0.6 is 34.7 Å². The summed E-state index contributed by atoms with van der Waals surface area (Å²) in [6.45, 7) is 7.24. The number of carbonyl (C=O) groups excluding carboxylic acids is 1.